The summed E-state index contributed by atoms with van der Waals surface area (Å²) in [7, 11) is 0. The van der Waals surface area contributed by atoms with Crippen LogP contribution in [0.15, 0.2) is 18.2 Å². The molecule has 0 aliphatic carbocycles. The van der Waals surface area contributed by atoms with Crippen molar-refractivity contribution in [1.82, 2.24) is 10.2 Å². The average molecular weight is 315 g/mol. The number of amides is 2. The van der Waals surface area contributed by atoms with Gasteiger partial charge in [0.25, 0.3) is 0 Å². The van der Waals surface area contributed by atoms with Gasteiger partial charge in [-0.1, -0.05) is 6.07 Å². The zero-order chi connectivity index (χ0) is 17.1. The Kier molecular flexibility index (Phi) is 4.65. The highest BCUT2D eigenvalue weighted by Crippen LogP contribution is 2.22. The summed E-state index contributed by atoms with van der Waals surface area (Å²) in [4.78, 5) is 36.8. The van der Waals surface area contributed by atoms with E-state index in [9.17, 15) is 19.5 Å². The third-order valence-corrected chi connectivity index (χ3v) is 3.62. The number of aromatic hydroxyl groups is 1. The minimum Gasteiger partial charge on any atom is -0.508 e. The van der Waals surface area contributed by atoms with Gasteiger partial charge >= 0.3 is 0 Å². The molecule has 0 saturated carbocycles. The third kappa shape index (κ3) is 3.86. The number of nitriles is 1. The summed E-state index contributed by atoms with van der Waals surface area (Å²) in [5.41, 5.74) is 0.855. The predicted molar refractivity (Wildman–Crippen MR) is 80.5 cm³/mol. The number of phenolic OH excluding ortho intramolecular Hbond substituents is 1. The monoisotopic (exact) mass is 315 g/mol. The summed E-state index contributed by atoms with van der Waals surface area (Å²) in [5.74, 6) is -1.01. The van der Waals surface area contributed by atoms with E-state index in [0.717, 1.165) is 0 Å². The number of rotatable bonds is 5. The Labute approximate surface area is 133 Å². The summed E-state index contributed by atoms with van der Waals surface area (Å²) in [5, 5.41) is 20.9. The fourth-order valence-electron chi connectivity index (χ4n) is 2.43. The highest BCUT2D eigenvalue weighted by atomic mass is 16.3. The first-order chi connectivity index (χ1) is 10.8. The van der Waals surface area contributed by atoms with Crippen molar-refractivity contribution in [1.29, 1.82) is 5.26 Å². The zero-order valence-electron chi connectivity index (χ0n) is 12.9. The molecule has 1 aliphatic rings. The largest absolute Gasteiger partial charge is 0.508 e. The van der Waals surface area contributed by atoms with Crippen LogP contribution in [0.1, 0.15) is 29.8 Å². The van der Waals surface area contributed by atoms with Gasteiger partial charge in [0.1, 0.15) is 17.8 Å². The maximum Gasteiger partial charge on any atom is 0.246 e. The Hall–Kier alpha value is -2.88. The minimum absolute atomic E-state index is 0.0446. The number of carbonyl (C=O) groups excluding carboxylic acids is 3. The molecular formula is C16H17N3O4. The quantitative estimate of drug-likeness (QED) is 0.603. The Morgan fingerprint density at radius 2 is 2.13 bits per heavy atom. The molecule has 7 heteroatoms. The van der Waals surface area contributed by atoms with E-state index in [1.165, 1.54) is 30.9 Å². The van der Waals surface area contributed by atoms with Crippen LogP contribution in [-0.4, -0.2) is 46.2 Å². The molecular weight excluding hydrogens is 298 g/mol. The molecule has 1 heterocycles. The summed E-state index contributed by atoms with van der Waals surface area (Å²) < 4.78 is 0. The van der Waals surface area contributed by atoms with Crippen molar-refractivity contribution in [2.45, 2.75) is 32.4 Å². The standard InChI is InChI=1S/C16H17N3O4/c1-9(20)14-6-13(22)4-3-11(14)5-15(18-10(2)21)16(23)19-8-12(19)7-17/h3-4,6,12,15,22H,5,8H2,1-2H3,(H,18,21)/t12?,15-,19?/m0/s1. The molecule has 1 aromatic rings. The third-order valence-electron chi connectivity index (χ3n) is 3.62. The van der Waals surface area contributed by atoms with Crippen LogP contribution in [0.4, 0.5) is 0 Å². The normalized spacial score (nSPS) is 17.1. The van der Waals surface area contributed by atoms with Crippen LogP contribution < -0.4 is 5.32 Å². The fraction of sp³-hybridized carbons (Fsp3) is 0.375. The van der Waals surface area contributed by atoms with Crippen molar-refractivity contribution in [3.63, 3.8) is 0 Å². The number of Topliss-reactive ketones (excluding diaryl/α,β-unsaturated/α-hetero) is 1. The molecule has 1 aromatic carbocycles. The first kappa shape index (κ1) is 16.5. The van der Waals surface area contributed by atoms with Gasteiger partial charge in [-0.05, 0) is 24.6 Å². The van der Waals surface area contributed by atoms with Gasteiger partial charge in [-0.3, -0.25) is 14.4 Å². The lowest BCUT2D eigenvalue weighted by molar-refractivity contribution is -0.131. The van der Waals surface area contributed by atoms with E-state index in [0.29, 0.717) is 17.7 Å². The van der Waals surface area contributed by atoms with Crippen molar-refractivity contribution in [3.8, 4) is 11.8 Å². The van der Waals surface area contributed by atoms with Crippen LogP contribution in [0, 0.1) is 11.3 Å². The topological polar surface area (TPSA) is 110 Å². The number of phenols is 1. The van der Waals surface area contributed by atoms with E-state index in [2.05, 4.69) is 5.32 Å². The second-order valence-electron chi connectivity index (χ2n) is 5.49. The number of carbonyl (C=O) groups is 3. The van der Waals surface area contributed by atoms with Crippen molar-refractivity contribution in [3.05, 3.63) is 29.3 Å². The molecule has 1 aliphatic heterocycles. The molecule has 7 nitrogen and oxygen atoms in total. The van der Waals surface area contributed by atoms with E-state index in [1.807, 2.05) is 6.07 Å². The maximum atomic E-state index is 12.4. The van der Waals surface area contributed by atoms with E-state index < -0.39 is 12.1 Å². The number of ketones is 1. The molecule has 2 atom stereocenters. The molecule has 2 amide bonds. The number of hydrogen-bond acceptors (Lipinski definition) is 5. The molecule has 2 N–H and O–H groups in total. The first-order valence-electron chi connectivity index (χ1n) is 7.13. The van der Waals surface area contributed by atoms with Gasteiger partial charge in [0.2, 0.25) is 11.8 Å². The zero-order valence-corrected chi connectivity index (χ0v) is 12.9. The van der Waals surface area contributed by atoms with Crippen molar-refractivity contribution < 1.29 is 19.5 Å². The van der Waals surface area contributed by atoms with Crippen LogP contribution in [0.3, 0.4) is 0 Å². The first-order valence-corrected chi connectivity index (χ1v) is 7.13. The Morgan fingerprint density at radius 3 is 2.65 bits per heavy atom. The van der Waals surface area contributed by atoms with Gasteiger partial charge in [-0.25, -0.2) is 0 Å². The average Bonchev–Trinajstić information content (AvgIpc) is 3.26. The van der Waals surface area contributed by atoms with Gasteiger partial charge < -0.3 is 15.3 Å². The smallest absolute Gasteiger partial charge is 0.246 e. The SMILES string of the molecule is CC(=O)N[C@@H](Cc1ccc(O)cc1C(C)=O)C(=O)N1CC1C#N. The molecule has 23 heavy (non-hydrogen) atoms. The minimum atomic E-state index is -0.853. The van der Waals surface area contributed by atoms with Gasteiger partial charge in [-0.15, -0.1) is 0 Å². The van der Waals surface area contributed by atoms with Crippen molar-refractivity contribution in [2.75, 3.05) is 6.54 Å². The Balaban J connectivity index is 2.25. The number of hydrogen-bond donors (Lipinski definition) is 2. The van der Waals surface area contributed by atoms with Crippen LogP contribution in [0.25, 0.3) is 0 Å². The van der Waals surface area contributed by atoms with Crippen molar-refractivity contribution in [2.24, 2.45) is 0 Å². The molecule has 0 spiro atoms. The lowest BCUT2D eigenvalue weighted by Crippen LogP contribution is -2.44. The van der Waals surface area contributed by atoms with E-state index >= 15 is 0 Å². The molecule has 0 radical (unpaired) electrons. The van der Waals surface area contributed by atoms with Crippen molar-refractivity contribution >= 4 is 17.6 Å². The van der Waals surface area contributed by atoms with Gasteiger partial charge in [-0.2, -0.15) is 5.26 Å². The summed E-state index contributed by atoms with van der Waals surface area (Å²) in [6.45, 7) is 3.01. The maximum absolute atomic E-state index is 12.4. The number of nitrogens with one attached hydrogen (secondary N) is 1. The Bertz CT molecular complexity index is 708. The van der Waals surface area contributed by atoms with E-state index in [1.54, 1.807) is 6.07 Å². The number of nitrogens with zero attached hydrogens (tertiary/aromatic N) is 2. The molecule has 0 bridgehead atoms. The second-order valence-corrected chi connectivity index (χ2v) is 5.49. The highest BCUT2D eigenvalue weighted by molar-refractivity contribution is 5.96. The summed E-state index contributed by atoms with van der Waals surface area (Å²) >= 11 is 0. The van der Waals surface area contributed by atoms with E-state index in [-0.39, 0.29) is 29.8 Å². The van der Waals surface area contributed by atoms with Gasteiger partial charge in [0.15, 0.2) is 5.78 Å². The molecule has 2 rings (SSSR count). The summed E-state index contributed by atoms with van der Waals surface area (Å²) in [6.07, 6.45) is 0.113. The van der Waals surface area contributed by atoms with Crippen LogP contribution in [-0.2, 0) is 16.0 Å². The second kappa shape index (κ2) is 6.48. The lowest BCUT2D eigenvalue weighted by Gasteiger charge is -2.19. The molecule has 1 saturated heterocycles. The van der Waals surface area contributed by atoms with Gasteiger partial charge in [0, 0.05) is 18.9 Å². The summed E-state index contributed by atoms with van der Waals surface area (Å²) in [6, 6.07) is 4.99. The van der Waals surface area contributed by atoms with Gasteiger partial charge in [0.05, 0.1) is 12.6 Å². The number of benzene rings is 1. The highest BCUT2D eigenvalue weighted by Gasteiger charge is 2.42. The van der Waals surface area contributed by atoms with Crippen LogP contribution >= 0.6 is 0 Å². The molecule has 120 valence electrons. The molecule has 1 unspecified atom stereocenters. The van der Waals surface area contributed by atoms with E-state index in [4.69, 9.17) is 5.26 Å². The molecule has 1 fully saturated rings. The fourth-order valence-corrected chi connectivity index (χ4v) is 2.43. The molecule has 0 aromatic heterocycles. The van der Waals surface area contributed by atoms with Crippen LogP contribution in [0.2, 0.25) is 0 Å². The predicted octanol–water partition coefficient (Wildman–Crippen LogP) is 0.376. The lowest BCUT2D eigenvalue weighted by atomic mass is 9.97. The van der Waals surface area contributed by atoms with Crippen LogP contribution in [0.5, 0.6) is 5.75 Å². The Morgan fingerprint density at radius 1 is 1.43 bits per heavy atom.